The Balaban J connectivity index is 2.72. The van der Waals surface area contributed by atoms with Gasteiger partial charge in [-0.1, -0.05) is 19.9 Å². The fourth-order valence-corrected chi connectivity index (χ4v) is 2.43. The molecule has 0 radical (unpaired) electrons. The average molecular weight is 183 g/mol. The molecular formula is C10H17NS. The molecule has 0 spiro atoms. The molecule has 0 aliphatic carbocycles. The van der Waals surface area contributed by atoms with Gasteiger partial charge in [-0.2, -0.15) is 0 Å². The lowest BCUT2D eigenvalue weighted by atomic mass is 9.85. The number of hydrogen-bond donors (Lipinski definition) is 1. The molecule has 0 saturated carbocycles. The van der Waals surface area contributed by atoms with Gasteiger partial charge in [0.25, 0.3) is 0 Å². The molecule has 12 heavy (non-hydrogen) atoms. The molecule has 1 heterocycles. The summed E-state index contributed by atoms with van der Waals surface area (Å²) in [6.45, 7) is 6.57. The van der Waals surface area contributed by atoms with E-state index in [1.165, 1.54) is 4.88 Å². The van der Waals surface area contributed by atoms with Crippen LogP contribution in [0, 0.1) is 0 Å². The third kappa shape index (κ3) is 2.32. The summed E-state index contributed by atoms with van der Waals surface area (Å²) in [6.07, 6.45) is 1.05. The minimum atomic E-state index is 0.238. The summed E-state index contributed by atoms with van der Waals surface area (Å²) in [6, 6.07) is 4.57. The summed E-state index contributed by atoms with van der Waals surface area (Å²) in [7, 11) is 0. The number of hydrogen-bond acceptors (Lipinski definition) is 2. The van der Waals surface area contributed by atoms with Gasteiger partial charge in [-0.25, -0.2) is 0 Å². The van der Waals surface area contributed by atoms with E-state index in [4.69, 9.17) is 5.73 Å². The molecule has 2 heteroatoms. The number of thiophene rings is 1. The van der Waals surface area contributed by atoms with Crippen molar-refractivity contribution in [3.05, 3.63) is 22.4 Å². The van der Waals surface area contributed by atoms with Crippen LogP contribution in [0.25, 0.3) is 0 Å². The maximum atomic E-state index is 5.79. The highest BCUT2D eigenvalue weighted by atomic mass is 32.1. The van der Waals surface area contributed by atoms with Crippen LogP contribution in [0.5, 0.6) is 0 Å². The molecule has 0 fully saturated rings. The molecule has 1 aromatic heterocycles. The van der Waals surface area contributed by atoms with Crippen molar-refractivity contribution in [3.63, 3.8) is 0 Å². The van der Waals surface area contributed by atoms with Gasteiger partial charge in [0, 0.05) is 16.3 Å². The van der Waals surface area contributed by atoms with Crippen molar-refractivity contribution in [2.75, 3.05) is 0 Å². The van der Waals surface area contributed by atoms with E-state index in [-0.39, 0.29) is 11.5 Å². The quantitative estimate of drug-likeness (QED) is 0.766. The van der Waals surface area contributed by atoms with E-state index in [0.717, 1.165) is 6.42 Å². The fraction of sp³-hybridized carbons (Fsp3) is 0.600. The highest BCUT2D eigenvalue weighted by Gasteiger charge is 2.22. The fourth-order valence-electron chi connectivity index (χ4n) is 1.57. The summed E-state index contributed by atoms with van der Waals surface area (Å²) in [5, 5.41) is 2.12. The maximum Gasteiger partial charge on any atom is 0.0102 e. The van der Waals surface area contributed by atoms with Crippen LogP contribution in [0.4, 0.5) is 0 Å². The highest BCUT2D eigenvalue weighted by molar-refractivity contribution is 7.10. The molecule has 2 N–H and O–H groups in total. The Kier molecular flexibility index (Phi) is 2.91. The van der Waals surface area contributed by atoms with Gasteiger partial charge in [-0.05, 0) is 24.8 Å². The van der Waals surface area contributed by atoms with Crippen LogP contribution >= 0.6 is 11.3 Å². The van der Waals surface area contributed by atoms with Crippen molar-refractivity contribution in [1.29, 1.82) is 0 Å². The monoisotopic (exact) mass is 183 g/mol. The van der Waals surface area contributed by atoms with Gasteiger partial charge in [0.05, 0.1) is 0 Å². The molecule has 68 valence electrons. The first kappa shape index (κ1) is 9.75. The van der Waals surface area contributed by atoms with Gasteiger partial charge >= 0.3 is 0 Å². The Hall–Kier alpha value is -0.340. The predicted octanol–water partition coefficient (Wildman–Crippen LogP) is 2.76. The second kappa shape index (κ2) is 3.58. The number of rotatable bonds is 3. The lowest BCUT2D eigenvalue weighted by Crippen LogP contribution is -2.27. The Morgan fingerprint density at radius 3 is 2.67 bits per heavy atom. The summed E-state index contributed by atoms with van der Waals surface area (Å²) in [5.41, 5.74) is 6.03. The third-order valence-electron chi connectivity index (χ3n) is 2.02. The molecule has 0 amide bonds. The average Bonchev–Trinajstić information content (AvgIpc) is 2.32. The maximum absolute atomic E-state index is 5.79. The van der Waals surface area contributed by atoms with Crippen LogP contribution in [0.1, 0.15) is 32.1 Å². The first-order chi connectivity index (χ1) is 5.52. The SMILES string of the molecule is CC(N)CC(C)(C)c1cccs1. The summed E-state index contributed by atoms with van der Waals surface area (Å²) < 4.78 is 0. The first-order valence-corrected chi connectivity index (χ1v) is 5.20. The Morgan fingerprint density at radius 1 is 1.58 bits per heavy atom. The lowest BCUT2D eigenvalue weighted by Gasteiger charge is -2.25. The molecule has 0 aromatic carbocycles. The van der Waals surface area contributed by atoms with Gasteiger partial charge in [0.15, 0.2) is 0 Å². The van der Waals surface area contributed by atoms with Gasteiger partial charge in [0.1, 0.15) is 0 Å². The smallest absolute Gasteiger partial charge is 0.0102 e. The van der Waals surface area contributed by atoms with Crippen molar-refractivity contribution < 1.29 is 0 Å². The molecule has 1 aromatic rings. The molecule has 1 unspecified atom stereocenters. The first-order valence-electron chi connectivity index (χ1n) is 4.32. The molecule has 1 nitrogen and oxygen atoms in total. The Labute approximate surface area is 78.6 Å². The summed E-state index contributed by atoms with van der Waals surface area (Å²) in [5.74, 6) is 0. The van der Waals surface area contributed by atoms with Gasteiger partial charge in [0.2, 0.25) is 0 Å². The van der Waals surface area contributed by atoms with Crippen molar-refractivity contribution in [2.24, 2.45) is 5.73 Å². The van der Waals surface area contributed by atoms with Crippen LogP contribution in [-0.2, 0) is 5.41 Å². The van der Waals surface area contributed by atoms with Crippen LogP contribution in [-0.4, -0.2) is 6.04 Å². The molecule has 0 aliphatic rings. The number of nitrogens with two attached hydrogens (primary N) is 1. The van der Waals surface area contributed by atoms with Crippen molar-refractivity contribution in [3.8, 4) is 0 Å². The molecule has 1 rings (SSSR count). The van der Waals surface area contributed by atoms with Crippen molar-refractivity contribution >= 4 is 11.3 Å². The second-order valence-corrected chi connectivity index (χ2v) is 4.99. The molecule has 0 aliphatic heterocycles. The molecule has 1 atom stereocenters. The van der Waals surface area contributed by atoms with Crippen LogP contribution < -0.4 is 5.73 Å². The lowest BCUT2D eigenvalue weighted by molar-refractivity contribution is 0.445. The Morgan fingerprint density at radius 2 is 2.25 bits per heavy atom. The minimum Gasteiger partial charge on any atom is -0.328 e. The normalized spacial score (nSPS) is 14.7. The van der Waals surface area contributed by atoms with Crippen molar-refractivity contribution in [1.82, 2.24) is 0 Å². The minimum absolute atomic E-state index is 0.238. The predicted molar refractivity (Wildman–Crippen MR) is 55.6 cm³/mol. The topological polar surface area (TPSA) is 26.0 Å². The third-order valence-corrected chi connectivity index (χ3v) is 3.26. The highest BCUT2D eigenvalue weighted by Crippen LogP contribution is 2.31. The molecule has 0 bridgehead atoms. The zero-order chi connectivity index (χ0) is 9.19. The van der Waals surface area contributed by atoms with Crippen molar-refractivity contribution in [2.45, 2.75) is 38.6 Å². The van der Waals surface area contributed by atoms with Gasteiger partial charge in [-0.15, -0.1) is 11.3 Å². The van der Waals surface area contributed by atoms with Gasteiger partial charge in [-0.3, -0.25) is 0 Å². The standard InChI is InChI=1S/C10H17NS/c1-8(11)7-10(2,3)9-5-4-6-12-9/h4-6,8H,7,11H2,1-3H3. The zero-order valence-corrected chi connectivity index (χ0v) is 8.82. The van der Waals surface area contributed by atoms with E-state index in [9.17, 15) is 0 Å². The largest absolute Gasteiger partial charge is 0.328 e. The molecule has 0 saturated heterocycles. The van der Waals surface area contributed by atoms with E-state index in [2.05, 4.69) is 38.3 Å². The van der Waals surface area contributed by atoms with Gasteiger partial charge < -0.3 is 5.73 Å². The van der Waals surface area contributed by atoms with E-state index in [1.807, 2.05) is 11.3 Å². The van der Waals surface area contributed by atoms with Crippen LogP contribution in [0.2, 0.25) is 0 Å². The van der Waals surface area contributed by atoms with E-state index < -0.39 is 0 Å². The zero-order valence-electron chi connectivity index (χ0n) is 8.00. The molecular weight excluding hydrogens is 166 g/mol. The van der Waals surface area contributed by atoms with E-state index >= 15 is 0 Å². The second-order valence-electron chi connectivity index (χ2n) is 4.04. The Bertz CT molecular complexity index is 224. The summed E-state index contributed by atoms with van der Waals surface area (Å²) >= 11 is 1.82. The summed E-state index contributed by atoms with van der Waals surface area (Å²) in [4.78, 5) is 1.43. The van der Waals surface area contributed by atoms with Crippen LogP contribution in [0.3, 0.4) is 0 Å². The van der Waals surface area contributed by atoms with E-state index in [1.54, 1.807) is 0 Å². The van der Waals surface area contributed by atoms with Crippen LogP contribution in [0.15, 0.2) is 17.5 Å². The van der Waals surface area contributed by atoms with E-state index in [0.29, 0.717) is 0 Å².